The topological polar surface area (TPSA) is 86.3 Å². The third-order valence-electron chi connectivity index (χ3n) is 4.52. The number of nitrogens with one attached hydrogen (secondary N) is 3. The Kier molecular flexibility index (Phi) is 4.45. The maximum absolute atomic E-state index is 12.7. The maximum atomic E-state index is 12.7. The van der Waals surface area contributed by atoms with Crippen LogP contribution in [-0.2, 0) is 5.60 Å². The van der Waals surface area contributed by atoms with Crippen LogP contribution in [0.15, 0.2) is 54.7 Å². The molecule has 0 saturated heterocycles. The van der Waals surface area contributed by atoms with E-state index in [4.69, 9.17) is 11.6 Å². The van der Waals surface area contributed by atoms with E-state index in [1.54, 1.807) is 38.2 Å². The van der Waals surface area contributed by atoms with Gasteiger partial charge in [-0.3, -0.25) is 4.79 Å². The number of hydrogen-bond donors (Lipinski definition) is 4. The molecule has 1 aromatic heterocycles. The van der Waals surface area contributed by atoms with E-state index in [-0.39, 0.29) is 5.91 Å². The molecule has 7 heteroatoms. The van der Waals surface area contributed by atoms with Gasteiger partial charge in [-0.05, 0) is 61.9 Å². The van der Waals surface area contributed by atoms with Crippen molar-refractivity contribution in [3.05, 3.63) is 71.0 Å². The minimum absolute atomic E-state index is 0.215. The smallest absolute Gasteiger partial charge is 0.257 e. The molecule has 2 aromatic carbocycles. The third kappa shape index (κ3) is 3.65. The number of halogens is 1. The molecule has 0 fully saturated rings. The number of carbonyl (C=O) groups excluding carboxylic acids is 1. The van der Waals surface area contributed by atoms with E-state index in [0.717, 1.165) is 22.6 Å². The molecule has 0 saturated carbocycles. The van der Waals surface area contributed by atoms with Gasteiger partial charge in [0.15, 0.2) is 0 Å². The maximum Gasteiger partial charge on any atom is 0.257 e. The van der Waals surface area contributed by atoms with Crippen molar-refractivity contribution in [2.24, 2.45) is 0 Å². The van der Waals surface area contributed by atoms with Crippen molar-refractivity contribution in [2.75, 3.05) is 16.0 Å². The van der Waals surface area contributed by atoms with E-state index in [0.29, 0.717) is 22.1 Å². The number of pyridine rings is 1. The van der Waals surface area contributed by atoms with Gasteiger partial charge < -0.3 is 21.1 Å². The van der Waals surface area contributed by atoms with Crippen LogP contribution in [0, 0.1) is 0 Å². The van der Waals surface area contributed by atoms with Gasteiger partial charge in [-0.25, -0.2) is 4.98 Å². The van der Waals surface area contributed by atoms with E-state index in [1.165, 1.54) is 0 Å². The summed E-state index contributed by atoms with van der Waals surface area (Å²) >= 11 is 5.93. The fourth-order valence-electron chi connectivity index (χ4n) is 3.04. The van der Waals surface area contributed by atoms with Crippen LogP contribution in [0.2, 0.25) is 5.15 Å². The van der Waals surface area contributed by atoms with E-state index < -0.39 is 5.60 Å². The molecular weight excluding hydrogens is 376 g/mol. The van der Waals surface area contributed by atoms with Gasteiger partial charge in [0.05, 0.1) is 28.2 Å². The number of aliphatic hydroxyl groups is 1. The molecule has 3 aromatic rings. The molecule has 28 heavy (non-hydrogen) atoms. The molecule has 0 spiro atoms. The molecule has 2 heterocycles. The summed E-state index contributed by atoms with van der Waals surface area (Å²) in [6, 6.07) is 14.4. The lowest BCUT2D eigenvalue weighted by Crippen LogP contribution is -2.16. The zero-order chi connectivity index (χ0) is 19.9. The highest BCUT2D eigenvalue weighted by atomic mass is 35.5. The van der Waals surface area contributed by atoms with Gasteiger partial charge in [-0.15, -0.1) is 0 Å². The lowest BCUT2D eigenvalue weighted by molar-refractivity contribution is 0.0786. The molecule has 0 radical (unpaired) electrons. The summed E-state index contributed by atoms with van der Waals surface area (Å²) in [5, 5.41) is 20.1. The molecule has 0 atom stereocenters. The summed E-state index contributed by atoms with van der Waals surface area (Å²) < 4.78 is 0. The highest BCUT2D eigenvalue weighted by Crippen LogP contribution is 2.36. The number of rotatable bonds is 3. The number of carbonyl (C=O) groups is 1. The van der Waals surface area contributed by atoms with Gasteiger partial charge in [-0.2, -0.15) is 0 Å². The second-order valence-corrected chi connectivity index (χ2v) is 7.54. The average Bonchev–Trinajstić information content (AvgIpc) is 2.75. The SMILES string of the molecule is CC(C)(O)c1ccc2c(c1)NC(=O)c1ccc(Nc3ccnc(Cl)c3)cc1N2. The Bertz CT molecular complexity index is 1080. The largest absolute Gasteiger partial charge is 0.386 e. The summed E-state index contributed by atoms with van der Waals surface area (Å²) in [7, 11) is 0. The molecular formula is C21H19ClN4O2. The van der Waals surface area contributed by atoms with Crippen LogP contribution < -0.4 is 16.0 Å². The van der Waals surface area contributed by atoms with Crippen molar-refractivity contribution in [3.63, 3.8) is 0 Å². The summed E-state index contributed by atoms with van der Waals surface area (Å²) in [6.45, 7) is 3.41. The zero-order valence-corrected chi connectivity index (χ0v) is 16.1. The van der Waals surface area contributed by atoms with Crippen molar-refractivity contribution >= 4 is 45.9 Å². The van der Waals surface area contributed by atoms with Gasteiger partial charge in [-0.1, -0.05) is 17.7 Å². The first-order valence-corrected chi connectivity index (χ1v) is 9.15. The van der Waals surface area contributed by atoms with E-state index in [9.17, 15) is 9.90 Å². The van der Waals surface area contributed by atoms with Gasteiger partial charge >= 0.3 is 0 Å². The van der Waals surface area contributed by atoms with Crippen LogP contribution in [0.1, 0.15) is 29.8 Å². The first-order valence-electron chi connectivity index (χ1n) is 8.77. The predicted octanol–water partition coefficient (Wildman–Crippen LogP) is 5.02. The summed E-state index contributed by atoms with van der Waals surface area (Å²) in [5.41, 5.74) is 3.90. The summed E-state index contributed by atoms with van der Waals surface area (Å²) in [4.78, 5) is 16.6. The van der Waals surface area contributed by atoms with Crippen LogP contribution in [0.3, 0.4) is 0 Å². The fourth-order valence-corrected chi connectivity index (χ4v) is 3.22. The summed E-state index contributed by atoms with van der Waals surface area (Å²) in [5.74, 6) is -0.215. The molecule has 1 aliphatic rings. The fraction of sp³-hybridized carbons (Fsp3) is 0.143. The van der Waals surface area contributed by atoms with E-state index >= 15 is 0 Å². The molecule has 1 amide bonds. The Hall–Kier alpha value is -3.09. The Labute approximate surface area is 167 Å². The van der Waals surface area contributed by atoms with Gasteiger partial charge in [0.2, 0.25) is 0 Å². The predicted molar refractivity (Wildman–Crippen MR) is 112 cm³/mol. The molecule has 4 N–H and O–H groups in total. The molecule has 0 bridgehead atoms. The highest BCUT2D eigenvalue weighted by molar-refractivity contribution is 6.29. The number of aromatic nitrogens is 1. The van der Waals surface area contributed by atoms with E-state index in [1.807, 2.05) is 30.3 Å². The highest BCUT2D eigenvalue weighted by Gasteiger charge is 2.22. The number of benzene rings is 2. The number of amides is 1. The minimum atomic E-state index is -0.998. The normalized spacial score (nSPS) is 12.9. The van der Waals surface area contributed by atoms with E-state index in [2.05, 4.69) is 20.9 Å². The Morgan fingerprint density at radius 3 is 2.50 bits per heavy atom. The van der Waals surface area contributed by atoms with Crippen molar-refractivity contribution in [1.29, 1.82) is 0 Å². The molecule has 4 rings (SSSR count). The van der Waals surface area contributed by atoms with Gasteiger partial charge in [0.25, 0.3) is 5.91 Å². The molecule has 0 aliphatic carbocycles. The molecule has 1 aliphatic heterocycles. The third-order valence-corrected chi connectivity index (χ3v) is 4.73. The van der Waals surface area contributed by atoms with Crippen LogP contribution in [0.25, 0.3) is 0 Å². The minimum Gasteiger partial charge on any atom is -0.386 e. The number of hydrogen-bond acceptors (Lipinski definition) is 5. The Balaban J connectivity index is 1.68. The number of fused-ring (bicyclic) bond motifs is 2. The van der Waals surface area contributed by atoms with Crippen molar-refractivity contribution in [3.8, 4) is 0 Å². The molecule has 0 unspecified atom stereocenters. The second kappa shape index (κ2) is 6.82. The van der Waals surface area contributed by atoms with Crippen LogP contribution in [-0.4, -0.2) is 16.0 Å². The zero-order valence-electron chi connectivity index (χ0n) is 15.4. The Morgan fingerprint density at radius 1 is 0.964 bits per heavy atom. The van der Waals surface area contributed by atoms with Crippen LogP contribution in [0.5, 0.6) is 0 Å². The van der Waals surface area contributed by atoms with Crippen LogP contribution in [0.4, 0.5) is 28.4 Å². The number of nitrogens with zero attached hydrogens (tertiary/aromatic N) is 1. The standard InChI is InChI=1S/C21H19ClN4O2/c1-21(2,28)12-3-6-16-18(9-12)26-20(27)15-5-4-13(10-17(15)25-16)24-14-7-8-23-19(22)11-14/h3-11,25,28H,1-2H3,(H,23,24)(H,26,27). The molecule has 142 valence electrons. The monoisotopic (exact) mass is 394 g/mol. The van der Waals surface area contributed by atoms with Crippen molar-refractivity contribution in [1.82, 2.24) is 4.98 Å². The average molecular weight is 395 g/mol. The Morgan fingerprint density at radius 2 is 1.75 bits per heavy atom. The first kappa shape index (κ1) is 18.3. The van der Waals surface area contributed by atoms with Crippen molar-refractivity contribution < 1.29 is 9.90 Å². The van der Waals surface area contributed by atoms with Crippen LogP contribution >= 0.6 is 11.6 Å². The van der Waals surface area contributed by atoms with Gasteiger partial charge in [0.1, 0.15) is 5.15 Å². The van der Waals surface area contributed by atoms with Gasteiger partial charge in [0, 0.05) is 17.6 Å². The lowest BCUT2D eigenvalue weighted by atomic mass is 9.97. The molecule has 6 nitrogen and oxygen atoms in total. The van der Waals surface area contributed by atoms with Crippen molar-refractivity contribution in [2.45, 2.75) is 19.4 Å². The number of anilines is 5. The summed E-state index contributed by atoms with van der Waals surface area (Å²) in [6.07, 6.45) is 1.62. The quantitative estimate of drug-likeness (QED) is 0.469. The second-order valence-electron chi connectivity index (χ2n) is 7.15. The first-order chi connectivity index (χ1) is 13.3. The lowest BCUT2D eigenvalue weighted by Gasteiger charge is -2.20.